The molecule has 0 bridgehead atoms. The SMILES string of the molecule is CC(=O)C(=O)NCC(C)(C)c1ccccc1. The molecule has 0 spiro atoms. The lowest BCUT2D eigenvalue weighted by molar-refractivity contribution is -0.136. The van der Waals surface area contributed by atoms with E-state index in [9.17, 15) is 9.59 Å². The van der Waals surface area contributed by atoms with Gasteiger partial charge in [0.25, 0.3) is 5.91 Å². The van der Waals surface area contributed by atoms with Crippen LogP contribution in [-0.2, 0) is 15.0 Å². The van der Waals surface area contributed by atoms with Crippen molar-refractivity contribution in [3.8, 4) is 0 Å². The maximum atomic E-state index is 11.2. The van der Waals surface area contributed by atoms with Crippen molar-refractivity contribution in [2.45, 2.75) is 26.2 Å². The van der Waals surface area contributed by atoms with Crippen LogP contribution in [0.15, 0.2) is 30.3 Å². The molecule has 0 atom stereocenters. The van der Waals surface area contributed by atoms with Crippen molar-refractivity contribution in [2.24, 2.45) is 0 Å². The normalized spacial score (nSPS) is 10.9. The molecule has 16 heavy (non-hydrogen) atoms. The van der Waals surface area contributed by atoms with Crippen LogP contribution in [0.2, 0.25) is 0 Å². The Balaban J connectivity index is 2.66. The number of carbonyl (C=O) groups is 2. The maximum absolute atomic E-state index is 11.2. The van der Waals surface area contributed by atoms with Gasteiger partial charge in [-0.15, -0.1) is 0 Å². The Bertz CT molecular complexity index is 382. The molecule has 1 rings (SSSR count). The van der Waals surface area contributed by atoms with Gasteiger partial charge >= 0.3 is 0 Å². The Morgan fingerprint density at radius 1 is 1.19 bits per heavy atom. The average molecular weight is 219 g/mol. The van der Waals surface area contributed by atoms with Crippen LogP contribution in [0.1, 0.15) is 26.3 Å². The lowest BCUT2D eigenvalue weighted by atomic mass is 9.84. The fraction of sp³-hybridized carbons (Fsp3) is 0.385. The molecule has 1 aromatic carbocycles. The molecule has 0 aromatic heterocycles. The lowest BCUT2D eigenvalue weighted by Gasteiger charge is -2.25. The Labute approximate surface area is 95.9 Å². The highest BCUT2D eigenvalue weighted by Gasteiger charge is 2.21. The van der Waals surface area contributed by atoms with Crippen molar-refractivity contribution >= 4 is 11.7 Å². The number of amides is 1. The van der Waals surface area contributed by atoms with E-state index in [4.69, 9.17) is 0 Å². The Hall–Kier alpha value is -1.64. The molecule has 0 fully saturated rings. The van der Waals surface area contributed by atoms with Gasteiger partial charge in [0.1, 0.15) is 0 Å². The van der Waals surface area contributed by atoms with Gasteiger partial charge in [0.15, 0.2) is 0 Å². The van der Waals surface area contributed by atoms with E-state index in [1.54, 1.807) is 0 Å². The zero-order valence-corrected chi connectivity index (χ0v) is 9.91. The summed E-state index contributed by atoms with van der Waals surface area (Å²) in [5.74, 6) is -0.979. The third-order valence-corrected chi connectivity index (χ3v) is 2.57. The van der Waals surface area contributed by atoms with Crippen LogP contribution >= 0.6 is 0 Å². The van der Waals surface area contributed by atoms with Gasteiger partial charge in [0.05, 0.1) is 0 Å². The zero-order valence-electron chi connectivity index (χ0n) is 9.91. The highest BCUT2D eigenvalue weighted by molar-refractivity contribution is 6.35. The predicted molar refractivity (Wildman–Crippen MR) is 63.2 cm³/mol. The second-order valence-electron chi connectivity index (χ2n) is 4.49. The number of hydrogen-bond donors (Lipinski definition) is 1. The summed E-state index contributed by atoms with van der Waals surface area (Å²) in [6.07, 6.45) is 0. The molecule has 3 heteroatoms. The molecule has 0 heterocycles. The fourth-order valence-electron chi connectivity index (χ4n) is 1.42. The lowest BCUT2D eigenvalue weighted by Crippen LogP contribution is -2.39. The third kappa shape index (κ3) is 3.19. The first-order chi connectivity index (χ1) is 7.43. The standard InChI is InChI=1S/C13H17NO2/c1-10(15)12(16)14-9-13(2,3)11-7-5-4-6-8-11/h4-8H,9H2,1-3H3,(H,14,16). The number of benzene rings is 1. The minimum absolute atomic E-state index is 0.174. The van der Waals surface area contributed by atoms with Gasteiger partial charge in [0.2, 0.25) is 5.78 Å². The van der Waals surface area contributed by atoms with E-state index in [0.717, 1.165) is 5.56 Å². The number of Topliss-reactive ketones (excluding diaryl/α,β-unsaturated/α-hetero) is 1. The van der Waals surface area contributed by atoms with Crippen LogP contribution in [0.4, 0.5) is 0 Å². The number of hydrogen-bond acceptors (Lipinski definition) is 2. The van der Waals surface area contributed by atoms with Crippen LogP contribution in [0, 0.1) is 0 Å². The van der Waals surface area contributed by atoms with Gasteiger partial charge in [0, 0.05) is 18.9 Å². The quantitative estimate of drug-likeness (QED) is 0.783. The van der Waals surface area contributed by atoms with Gasteiger partial charge < -0.3 is 5.32 Å². The first-order valence-corrected chi connectivity index (χ1v) is 5.28. The van der Waals surface area contributed by atoms with Gasteiger partial charge in [-0.25, -0.2) is 0 Å². The van der Waals surface area contributed by atoms with E-state index in [2.05, 4.69) is 5.32 Å². The molecule has 3 nitrogen and oxygen atoms in total. The summed E-state index contributed by atoms with van der Waals surface area (Å²) >= 11 is 0. The van der Waals surface area contributed by atoms with E-state index in [1.165, 1.54) is 6.92 Å². The predicted octanol–water partition coefficient (Wildman–Crippen LogP) is 1.67. The van der Waals surface area contributed by atoms with E-state index < -0.39 is 11.7 Å². The second kappa shape index (κ2) is 4.92. The Morgan fingerprint density at radius 2 is 1.75 bits per heavy atom. The van der Waals surface area contributed by atoms with Crippen molar-refractivity contribution in [3.63, 3.8) is 0 Å². The summed E-state index contributed by atoms with van der Waals surface area (Å²) in [7, 11) is 0. The summed E-state index contributed by atoms with van der Waals surface area (Å²) in [5.41, 5.74) is 0.964. The molecule has 1 amide bonds. The third-order valence-electron chi connectivity index (χ3n) is 2.57. The number of rotatable bonds is 4. The van der Waals surface area contributed by atoms with Gasteiger partial charge in [-0.2, -0.15) is 0 Å². The van der Waals surface area contributed by atoms with Crippen molar-refractivity contribution in [2.75, 3.05) is 6.54 Å². The maximum Gasteiger partial charge on any atom is 0.287 e. The number of ketones is 1. The number of carbonyl (C=O) groups excluding carboxylic acids is 2. The highest BCUT2D eigenvalue weighted by Crippen LogP contribution is 2.21. The molecular weight excluding hydrogens is 202 g/mol. The highest BCUT2D eigenvalue weighted by atomic mass is 16.2. The minimum atomic E-state index is -0.524. The van der Waals surface area contributed by atoms with E-state index in [1.807, 2.05) is 44.2 Å². The van der Waals surface area contributed by atoms with Crippen LogP contribution < -0.4 is 5.32 Å². The Morgan fingerprint density at radius 3 is 2.25 bits per heavy atom. The van der Waals surface area contributed by atoms with Crippen molar-refractivity contribution < 1.29 is 9.59 Å². The molecule has 1 N–H and O–H groups in total. The first kappa shape index (κ1) is 12.4. The average Bonchev–Trinajstić information content (AvgIpc) is 2.27. The van der Waals surface area contributed by atoms with Crippen LogP contribution in [0.5, 0.6) is 0 Å². The topological polar surface area (TPSA) is 46.2 Å². The molecule has 86 valence electrons. The largest absolute Gasteiger partial charge is 0.349 e. The Kier molecular flexibility index (Phi) is 3.82. The van der Waals surface area contributed by atoms with Crippen LogP contribution in [-0.4, -0.2) is 18.2 Å². The molecule has 0 saturated carbocycles. The fourth-order valence-corrected chi connectivity index (χ4v) is 1.42. The van der Waals surface area contributed by atoms with E-state index >= 15 is 0 Å². The molecule has 0 aliphatic heterocycles. The molecule has 0 aliphatic carbocycles. The molecular formula is C13H17NO2. The van der Waals surface area contributed by atoms with Crippen LogP contribution in [0.3, 0.4) is 0 Å². The molecule has 0 saturated heterocycles. The molecule has 0 radical (unpaired) electrons. The minimum Gasteiger partial charge on any atom is -0.349 e. The monoisotopic (exact) mass is 219 g/mol. The smallest absolute Gasteiger partial charge is 0.287 e. The van der Waals surface area contributed by atoms with Crippen LogP contribution in [0.25, 0.3) is 0 Å². The van der Waals surface area contributed by atoms with Gasteiger partial charge in [-0.3, -0.25) is 9.59 Å². The van der Waals surface area contributed by atoms with E-state index in [-0.39, 0.29) is 5.41 Å². The summed E-state index contributed by atoms with van der Waals surface area (Å²) < 4.78 is 0. The van der Waals surface area contributed by atoms with E-state index in [0.29, 0.717) is 6.54 Å². The molecule has 1 aromatic rings. The summed E-state index contributed by atoms with van der Waals surface area (Å²) in [6, 6.07) is 9.90. The first-order valence-electron chi connectivity index (χ1n) is 5.28. The van der Waals surface area contributed by atoms with Crippen molar-refractivity contribution in [1.29, 1.82) is 0 Å². The summed E-state index contributed by atoms with van der Waals surface area (Å²) in [5, 5.41) is 2.63. The van der Waals surface area contributed by atoms with Crippen molar-refractivity contribution in [1.82, 2.24) is 5.32 Å². The molecule has 0 aliphatic rings. The van der Waals surface area contributed by atoms with Gasteiger partial charge in [-0.1, -0.05) is 44.2 Å². The summed E-state index contributed by atoms with van der Waals surface area (Å²) in [4.78, 5) is 21.9. The second-order valence-corrected chi connectivity index (χ2v) is 4.49. The zero-order chi connectivity index (χ0) is 12.2. The molecule has 0 unspecified atom stereocenters. The summed E-state index contributed by atoms with van der Waals surface area (Å²) in [6.45, 7) is 5.78. The van der Waals surface area contributed by atoms with Gasteiger partial charge in [-0.05, 0) is 5.56 Å². The number of nitrogens with one attached hydrogen (secondary N) is 1. The van der Waals surface area contributed by atoms with Crippen molar-refractivity contribution in [3.05, 3.63) is 35.9 Å².